The Morgan fingerprint density at radius 2 is 1.95 bits per heavy atom. The third kappa shape index (κ3) is 2.86. The molecule has 0 aliphatic carbocycles. The molecule has 21 heavy (non-hydrogen) atoms. The van der Waals surface area contributed by atoms with Crippen molar-refractivity contribution >= 4 is 50.9 Å². The van der Waals surface area contributed by atoms with Gasteiger partial charge in [0.1, 0.15) is 4.60 Å². The molecule has 1 amide bonds. The van der Waals surface area contributed by atoms with E-state index in [1.807, 2.05) is 0 Å². The molecule has 0 atom stereocenters. The summed E-state index contributed by atoms with van der Waals surface area (Å²) in [6, 6.07) is 8.76. The number of benzene rings is 1. The summed E-state index contributed by atoms with van der Waals surface area (Å²) in [7, 11) is 0. The van der Waals surface area contributed by atoms with Gasteiger partial charge < -0.3 is 4.74 Å². The molecule has 4 nitrogen and oxygen atoms in total. The molecule has 1 aromatic heterocycles. The Kier molecular flexibility index (Phi) is 4.06. The molecule has 0 N–H and O–H groups in total. The zero-order valence-corrected chi connectivity index (χ0v) is 13.7. The molecule has 1 aliphatic heterocycles. The number of fused-ring (bicyclic) bond motifs is 1. The second kappa shape index (κ2) is 5.83. The molecule has 0 unspecified atom stereocenters. The molecule has 0 saturated carbocycles. The lowest BCUT2D eigenvalue weighted by atomic mass is 10.2. The van der Waals surface area contributed by atoms with Crippen molar-refractivity contribution in [2.24, 2.45) is 0 Å². The Bertz CT molecular complexity index is 704. The van der Waals surface area contributed by atoms with Crippen LogP contribution >= 0.6 is 39.1 Å². The van der Waals surface area contributed by atoms with Crippen LogP contribution in [0.4, 0.5) is 5.82 Å². The minimum Gasteiger partial charge on any atom is -0.480 e. The molecular formula is C14H9BrCl2N2O2. The second-order valence-corrected chi connectivity index (χ2v) is 6.05. The van der Waals surface area contributed by atoms with Crippen LogP contribution in [0, 0.1) is 0 Å². The van der Waals surface area contributed by atoms with Crippen LogP contribution in [0.5, 0.6) is 5.75 Å². The zero-order chi connectivity index (χ0) is 15.0. The third-order valence-corrected chi connectivity index (χ3v) is 4.24. The van der Waals surface area contributed by atoms with Crippen molar-refractivity contribution in [3.63, 3.8) is 0 Å². The maximum atomic E-state index is 12.2. The molecule has 2 heterocycles. The Morgan fingerprint density at radius 3 is 2.67 bits per heavy atom. The highest BCUT2D eigenvalue weighted by molar-refractivity contribution is 9.10. The first-order valence-electron chi connectivity index (χ1n) is 6.09. The lowest BCUT2D eigenvalue weighted by molar-refractivity contribution is -0.121. The third-order valence-electron chi connectivity index (χ3n) is 3.09. The number of anilines is 1. The van der Waals surface area contributed by atoms with E-state index in [-0.39, 0.29) is 19.1 Å². The molecule has 108 valence electrons. The van der Waals surface area contributed by atoms with Gasteiger partial charge in [-0.15, -0.1) is 0 Å². The van der Waals surface area contributed by atoms with E-state index in [2.05, 4.69) is 20.9 Å². The van der Waals surface area contributed by atoms with Gasteiger partial charge in [0.2, 0.25) is 0 Å². The average molecular weight is 388 g/mol. The van der Waals surface area contributed by atoms with Crippen molar-refractivity contribution < 1.29 is 9.53 Å². The monoisotopic (exact) mass is 386 g/mol. The second-order valence-electron chi connectivity index (χ2n) is 4.42. The predicted octanol–water partition coefficient (Wildman–Crippen LogP) is 4.08. The summed E-state index contributed by atoms with van der Waals surface area (Å²) in [5.74, 6) is 0.821. The average Bonchev–Trinajstić information content (AvgIpc) is 2.45. The molecule has 0 radical (unpaired) electrons. The highest BCUT2D eigenvalue weighted by Crippen LogP contribution is 2.34. The summed E-state index contributed by atoms with van der Waals surface area (Å²) in [5, 5.41) is 1.02. The first kappa shape index (κ1) is 14.6. The fraction of sp³-hybridized carbons (Fsp3) is 0.143. The molecule has 0 saturated heterocycles. The van der Waals surface area contributed by atoms with E-state index in [0.29, 0.717) is 31.8 Å². The smallest absolute Gasteiger partial charge is 0.266 e. The number of rotatable bonds is 2. The standard InChI is InChI=1S/C14H9BrCl2N2O2/c15-12-5-4-11-14(18-12)19(13(20)7-21-11)6-8-9(16)2-1-3-10(8)17/h1-5H,6-7H2. The van der Waals surface area contributed by atoms with Crippen molar-refractivity contribution in [3.05, 3.63) is 50.5 Å². The zero-order valence-electron chi connectivity index (χ0n) is 10.6. The highest BCUT2D eigenvalue weighted by atomic mass is 79.9. The van der Waals surface area contributed by atoms with Crippen LogP contribution in [0.2, 0.25) is 10.0 Å². The van der Waals surface area contributed by atoms with E-state index >= 15 is 0 Å². The van der Waals surface area contributed by atoms with Gasteiger partial charge in [-0.25, -0.2) is 4.98 Å². The van der Waals surface area contributed by atoms with Crippen LogP contribution in [0.15, 0.2) is 34.9 Å². The number of carbonyl (C=O) groups is 1. The van der Waals surface area contributed by atoms with Crippen molar-refractivity contribution in [3.8, 4) is 5.75 Å². The number of aromatic nitrogens is 1. The lowest BCUT2D eigenvalue weighted by Crippen LogP contribution is -2.39. The van der Waals surface area contributed by atoms with Crippen LogP contribution in [0.1, 0.15) is 5.56 Å². The summed E-state index contributed by atoms with van der Waals surface area (Å²) < 4.78 is 6.00. The van der Waals surface area contributed by atoms with Gasteiger partial charge in [0.15, 0.2) is 18.2 Å². The normalized spacial score (nSPS) is 13.9. The fourth-order valence-electron chi connectivity index (χ4n) is 2.06. The summed E-state index contributed by atoms with van der Waals surface area (Å²) in [5.41, 5.74) is 0.684. The molecule has 2 aromatic rings. The Morgan fingerprint density at radius 1 is 1.24 bits per heavy atom. The Labute approximate surface area is 139 Å². The molecule has 1 aromatic carbocycles. The van der Waals surface area contributed by atoms with Crippen LogP contribution < -0.4 is 9.64 Å². The minimum atomic E-state index is -0.191. The van der Waals surface area contributed by atoms with E-state index in [1.165, 1.54) is 4.90 Å². The van der Waals surface area contributed by atoms with E-state index in [9.17, 15) is 4.79 Å². The predicted molar refractivity (Wildman–Crippen MR) is 85.1 cm³/mol. The van der Waals surface area contributed by atoms with Gasteiger partial charge in [0.25, 0.3) is 5.91 Å². The minimum absolute atomic E-state index is 0.0294. The van der Waals surface area contributed by atoms with Crippen LogP contribution in [-0.4, -0.2) is 17.5 Å². The van der Waals surface area contributed by atoms with Crippen molar-refractivity contribution in [1.29, 1.82) is 0 Å². The van der Waals surface area contributed by atoms with E-state index in [0.717, 1.165) is 0 Å². The van der Waals surface area contributed by atoms with E-state index in [1.54, 1.807) is 30.3 Å². The van der Waals surface area contributed by atoms with Crippen molar-refractivity contribution in [2.45, 2.75) is 6.54 Å². The van der Waals surface area contributed by atoms with Crippen LogP contribution in [0.3, 0.4) is 0 Å². The first-order valence-corrected chi connectivity index (χ1v) is 7.64. The number of amides is 1. The first-order chi connectivity index (χ1) is 10.1. The number of hydrogen-bond acceptors (Lipinski definition) is 3. The van der Waals surface area contributed by atoms with Gasteiger partial charge in [-0.3, -0.25) is 9.69 Å². The van der Waals surface area contributed by atoms with Gasteiger partial charge in [0.05, 0.1) is 6.54 Å². The topological polar surface area (TPSA) is 42.4 Å². The Balaban J connectivity index is 2.03. The number of pyridine rings is 1. The quantitative estimate of drug-likeness (QED) is 0.729. The number of ether oxygens (including phenoxy) is 1. The van der Waals surface area contributed by atoms with Gasteiger partial charge in [-0.05, 0) is 40.2 Å². The summed E-state index contributed by atoms with van der Waals surface area (Å²) in [4.78, 5) is 18.0. The summed E-state index contributed by atoms with van der Waals surface area (Å²) in [6.07, 6.45) is 0. The number of carbonyl (C=O) groups excluding carboxylic acids is 1. The largest absolute Gasteiger partial charge is 0.480 e. The number of nitrogens with zero attached hydrogens (tertiary/aromatic N) is 2. The maximum absolute atomic E-state index is 12.2. The van der Waals surface area contributed by atoms with Gasteiger partial charge in [0, 0.05) is 15.6 Å². The van der Waals surface area contributed by atoms with Crippen LogP contribution in [-0.2, 0) is 11.3 Å². The fourth-order valence-corrected chi connectivity index (χ4v) is 2.88. The van der Waals surface area contributed by atoms with E-state index in [4.69, 9.17) is 27.9 Å². The molecule has 3 rings (SSSR count). The molecule has 0 bridgehead atoms. The molecule has 1 aliphatic rings. The van der Waals surface area contributed by atoms with Gasteiger partial charge in [-0.1, -0.05) is 29.3 Å². The number of halogens is 3. The lowest BCUT2D eigenvalue weighted by Gasteiger charge is -2.28. The molecular weight excluding hydrogens is 379 g/mol. The van der Waals surface area contributed by atoms with E-state index < -0.39 is 0 Å². The highest BCUT2D eigenvalue weighted by Gasteiger charge is 2.28. The molecule has 0 fully saturated rings. The van der Waals surface area contributed by atoms with Gasteiger partial charge >= 0.3 is 0 Å². The van der Waals surface area contributed by atoms with Crippen LogP contribution in [0.25, 0.3) is 0 Å². The van der Waals surface area contributed by atoms with Crippen molar-refractivity contribution in [1.82, 2.24) is 4.98 Å². The van der Waals surface area contributed by atoms with Gasteiger partial charge in [-0.2, -0.15) is 0 Å². The molecule has 7 heteroatoms. The molecule has 0 spiro atoms. The SMILES string of the molecule is O=C1COc2ccc(Br)nc2N1Cc1c(Cl)cccc1Cl. The van der Waals surface area contributed by atoms with Crippen molar-refractivity contribution in [2.75, 3.05) is 11.5 Å². The maximum Gasteiger partial charge on any atom is 0.266 e. The summed E-state index contributed by atoms with van der Waals surface area (Å²) >= 11 is 15.6. The number of hydrogen-bond donors (Lipinski definition) is 0. The Hall–Kier alpha value is -1.30. The summed E-state index contributed by atoms with van der Waals surface area (Å²) in [6.45, 7) is 0.218.